The van der Waals surface area contributed by atoms with Crippen LogP contribution in [-0.2, 0) is 11.3 Å². The monoisotopic (exact) mass is 382 g/mol. The van der Waals surface area contributed by atoms with E-state index in [2.05, 4.69) is 41.7 Å². The molecule has 1 amide bonds. The van der Waals surface area contributed by atoms with Gasteiger partial charge < -0.3 is 14.9 Å². The van der Waals surface area contributed by atoms with E-state index in [1.807, 2.05) is 6.07 Å². The average Bonchev–Trinajstić information content (AvgIpc) is 2.70. The first-order valence-electron chi connectivity index (χ1n) is 9.85. The lowest BCUT2D eigenvalue weighted by molar-refractivity contribution is -1.02. The Hall–Kier alpha value is -2.70. The Morgan fingerprint density at radius 3 is 2.36 bits per heavy atom. The molecule has 28 heavy (non-hydrogen) atoms. The van der Waals surface area contributed by atoms with Gasteiger partial charge in [0.15, 0.2) is 6.54 Å². The van der Waals surface area contributed by atoms with Crippen LogP contribution in [0.5, 0.6) is 5.75 Å². The molecule has 6 heteroatoms. The van der Waals surface area contributed by atoms with E-state index in [1.165, 1.54) is 16.0 Å². The molecule has 1 aliphatic rings. The van der Waals surface area contributed by atoms with Gasteiger partial charge in [0.05, 0.1) is 5.71 Å². The van der Waals surface area contributed by atoms with E-state index in [4.69, 9.17) is 0 Å². The number of nitrogens with zero attached hydrogens (tertiary/aromatic N) is 1. The Kier molecular flexibility index (Phi) is 6.79. The molecule has 1 heterocycles. The van der Waals surface area contributed by atoms with Gasteiger partial charge in [-0.1, -0.05) is 42.0 Å². The number of quaternary nitrogens is 2. The molecule has 3 rings (SSSR count). The van der Waals surface area contributed by atoms with Crippen molar-refractivity contribution in [3.63, 3.8) is 0 Å². The van der Waals surface area contributed by atoms with E-state index < -0.39 is 0 Å². The number of hydrazone groups is 1. The van der Waals surface area contributed by atoms with Gasteiger partial charge in [-0.3, -0.25) is 4.79 Å². The summed E-state index contributed by atoms with van der Waals surface area (Å²) in [7, 11) is 0. The van der Waals surface area contributed by atoms with Crippen LogP contribution in [0.1, 0.15) is 23.6 Å². The van der Waals surface area contributed by atoms with Gasteiger partial charge in [-0.05, 0) is 26.0 Å². The molecule has 1 aliphatic heterocycles. The van der Waals surface area contributed by atoms with E-state index in [0.717, 1.165) is 32.7 Å². The van der Waals surface area contributed by atoms with E-state index in [1.54, 1.807) is 30.0 Å². The van der Waals surface area contributed by atoms with Crippen LogP contribution in [0.15, 0.2) is 53.6 Å². The van der Waals surface area contributed by atoms with Crippen LogP contribution >= 0.6 is 0 Å². The normalized spacial score (nSPS) is 20.0. The van der Waals surface area contributed by atoms with Crippen molar-refractivity contribution in [3.8, 4) is 5.75 Å². The van der Waals surface area contributed by atoms with Crippen LogP contribution in [-0.4, -0.2) is 49.4 Å². The Bertz CT molecular complexity index is 825. The number of hydrogen-bond acceptors (Lipinski definition) is 3. The summed E-state index contributed by atoms with van der Waals surface area (Å²) in [5.41, 5.74) is 6.50. The molecule has 2 aromatic carbocycles. The molecule has 0 radical (unpaired) electrons. The summed E-state index contributed by atoms with van der Waals surface area (Å²) < 4.78 is 0. The molecule has 1 fully saturated rings. The second kappa shape index (κ2) is 9.48. The van der Waals surface area contributed by atoms with E-state index in [9.17, 15) is 9.90 Å². The summed E-state index contributed by atoms with van der Waals surface area (Å²) in [6, 6.07) is 15.7. The third-order valence-corrected chi connectivity index (χ3v) is 5.29. The maximum absolute atomic E-state index is 12.2. The topological polar surface area (TPSA) is 70.6 Å². The number of carbonyl (C=O) groups is 1. The van der Waals surface area contributed by atoms with Gasteiger partial charge in [0.1, 0.15) is 38.5 Å². The number of rotatable bonds is 6. The summed E-state index contributed by atoms with van der Waals surface area (Å²) in [6.07, 6.45) is 0. The largest absolute Gasteiger partial charge is 0.507 e. The fourth-order valence-corrected chi connectivity index (χ4v) is 3.56. The third kappa shape index (κ3) is 5.65. The van der Waals surface area contributed by atoms with Crippen LogP contribution < -0.4 is 15.2 Å². The van der Waals surface area contributed by atoms with E-state index >= 15 is 0 Å². The van der Waals surface area contributed by atoms with Crippen molar-refractivity contribution in [1.82, 2.24) is 5.43 Å². The van der Waals surface area contributed by atoms with Gasteiger partial charge in [0.25, 0.3) is 5.91 Å². The number of carbonyl (C=O) groups excluding carboxylic acids is 1. The van der Waals surface area contributed by atoms with Crippen molar-refractivity contribution < 1.29 is 19.7 Å². The lowest BCUT2D eigenvalue weighted by Crippen LogP contribution is -3.28. The number of para-hydroxylation sites is 1. The summed E-state index contributed by atoms with van der Waals surface area (Å²) in [6.45, 7) is 9.45. The Morgan fingerprint density at radius 2 is 1.68 bits per heavy atom. The molecule has 0 bridgehead atoms. The number of piperazine rings is 1. The minimum absolute atomic E-state index is 0.0910. The second-order valence-electron chi connectivity index (χ2n) is 7.59. The number of benzene rings is 2. The van der Waals surface area contributed by atoms with Crippen LogP contribution in [0.3, 0.4) is 0 Å². The SMILES string of the molecule is C/C(=N\NC(=O)C[NH+]1CC[NH+](Cc2ccc(C)cc2)CC1)c1ccccc1O. The van der Waals surface area contributed by atoms with Crippen molar-refractivity contribution >= 4 is 11.6 Å². The van der Waals surface area contributed by atoms with Gasteiger partial charge in [-0.25, -0.2) is 5.43 Å². The molecule has 0 saturated carbocycles. The molecule has 148 valence electrons. The summed E-state index contributed by atoms with van der Waals surface area (Å²) in [5, 5.41) is 14.0. The molecule has 2 aromatic rings. The maximum atomic E-state index is 12.2. The van der Waals surface area contributed by atoms with Crippen LogP contribution in [0, 0.1) is 6.92 Å². The molecule has 0 atom stereocenters. The highest BCUT2D eigenvalue weighted by molar-refractivity contribution is 6.01. The molecule has 6 nitrogen and oxygen atoms in total. The summed E-state index contributed by atoms with van der Waals surface area (Å²) in [4.78, 5) is 15.1. The molecular weight excluding hydrogens is 352 g/mol. The third-order valence-electron chi connectivity index (χ3n) is 5.29. The van der Waals surface area contributed by atoms with Gasteiger partial charge in [-0.2, -0.15) is 5.10 Å². The molecule has 1 saturated heterocycles. The maximum Gasteiger partial charge on any atom is 0.295 e. The predicted octanol–water partition coefficient (Wildman–Crippen LogP) is -0.476. The predicted molar refractivity (Wildman–Crippen MR) is 110 cm³/mol. The summed E-state index contributed by atoms with van der Waals surface area (Å²) in [5.74, 6) is 0.0723. The van der Waals surface area contributed by atoms with E-state index in [-0.39, 0.29) is 11.7 Å². The molecule has 0 unspecified atom stereocenters. The number of aromatic hydroxyl groups is 1. The van der Waals surface area contributed by atoms with Crippen molar-refractivity contribution in [2.75, 3.05) is 32.7 Å². The number of hydrogen-bond donors (Lipinski definition) is 4. The lowest BCUT2D eigenvalue weighted by Gasteiger charge is -2.29. The van der Waals surface area contributed by atoms with Crippen molar-refractivity contribution in [2.45, 2.75) is 20.4 Å². The Morgan fingerprint density at radius 1 is 1.04 bits per heavy atom. The number of nitrogens with one attached hydrogen (secondary N) is 3. The number of amides is 1. The van der Waals surface area contributed by atoms with Gasteiger partial charge >= 0.3 is 0 Å². The van der Waals surface area contributed by atoms with E-state index in [0.29, 0.717) is 17.8 Å². The second-order valence-corrected chi connectivity index (χ2v) is 7.59. The fourth-order valence-electron chi connectivity index (χ4n) is 3.56. The zero-order valence-electron chi connectivity index (χ0n) is 16.7. The molecular formula is C22H30N4O2+2. The average molecular weight is 383 g/mol. The van der Waals surface area contributed by atoms with Crippen molar-refractivity contribution in [3.05, 3.63) is 65.2 Å². The first-order chi connectivity index (χ1) is 13.5. The van der Waals surface area contributed by atoms with Crippen LogP contribution in [0.4, 0.5) is 0 Å². The zero-order valence-corrected chi connectivity index (χ0v) is 16.7. The smallest absolute Gasteiger partial charge is 0.295 e. The molecule has 0 spiro atoms. The van der Waals surface area contributed by atoms with Crippen molar-refractivity contribution in [2.24, 2.45) is 5.10 Å². The number of phenols is 1. The van der Waals surface area contributed by atoms with Gasteiger partial charge in [0.2, 0.25) is 0 Å². The van der Waals surface area contributed by atoms with Crippen LogP contribution in [0.25, 0.3) is 0 Å². The Balaban J connectivity index is 1.43. The highest BCUT2D eigenvalue weighted by Crippen LogP contribution is 2.15. The standard InChI is InChI=1S/C22H28N4O2/c1-17-7-9-19(10-8-17)15-25-11-13-26(14-12-25)16-22(28)24-23-18(2)20-5-3-4-6-21(20)27/h3-10,27H,11-16H2,1-2H3,(H,24,28)/p+2/b23-18+. The van der Waals surface area contributed by atoms with Crippen LogP contribution in [0.2, 0.25) is 0 Å². The van der Waals surface area contributed by atoms with Gasteiger partial charge in [0, 0.05) is 11.1 Å². The minimum Gasteiger partial charge on any atom is -0.507 e. The number of aryl methyl sites for hydroxylation is 1. The highest BCUT2D eigenvalue weighted by atomic mass is 16.3. The number of phenolic OH excluding ortho intramolecular Hbond substituents is 1. The first-order valence-corrected chi connectivity index (χ1v) is 9.85. The summed E-state index contributed by atoms with van der Waals surface area (Å²) >= 11 is 0. The lowest BCUT2D eigenvalue weighted by atomic mass is 10.1. The van der Waals surface area contributed by atoms with Crippen molar-refractivity contribution in [1.29, 1.82) is 0 Å². The Labute approximate surface area is 166 Å². The zero-order chi connectivity index (χ0) is 19.9. The molecule has 0 aliphatic carbocycles. The quantitative estimate of drug-likeness (QED) is 0.403. The molecule has 0 aromatic heterocycles. The van der Waals surface area contributed by atoms with Gasteiger partial charge in [-0.15, -0.1) is 0 Å². The fraction of sp³-hybridized carbons (Fsp3) is 0.364. The molecule has 4 N–H and O–H groups in total. The minimum atomic E-state index is -0.0910. The highest BCUT2D eigenvalue weighted by Gasteiger charge is 2.24. The first kappa shape index (κ1) is 20.0.